The average molecular weight is 500 g/mol. The Labute approximate surface area is 187 Å². The molecule has 0 saturated carbocycles. The van der Waals surface area contributed by atoms with Gasteiger partial charge in [-0.2, -0.15) is 0 Å². The van der Waals surface area contributed by atoms with Gasteiger partial charge in [0.05, 0.1) is 7.11 Å². The van der Waals surface area contributed by atoms with Crippen LogP contribution < -0.4 is 10.1 Å². The molecule has 5 nitrogen and oxygen atoms in total. The Kier molecular flexibility index (Phi) is 8.86. The molecular formula is C22H37IN4O. The lowest BCUT2D eigenvalue weighted by Crippen LogP contribution is -2.44. The first kappa shape index (κ1) is 23.3. The number of benzene rings is 1. The van der Waals surface area contributed by atoms with E-state index < -0.39 is 0 Å². The molecule has 0 bridgehead atoms. The molecule has 2 aliphatic rings. The average Bonchev–Trinajstić information content (AvgIpc) is 3.04. The van der Waals surface area contributed by atoms with Gasteiger partial charge in [-0.15, -0.1) is 24.0 Å². The molecule has 0 radical (unpaired) electrons. The molecule has 28 heavy (non-hydrogen) atoms. The van der Waals surface area contributed by atoms with Gasteiger partial charge < -0.3 is 15.0 Å². The van der Waals surface area contributed by atoms with Gasteiger partial charge in [-0.1, -0.05) is 26.0 Å². The van der Waals surface area contributed by atoms with Crippen molar-refractivity contribution in [1.29, 1.82) is 0 Å². The van der Waals surface area contributed by atoms with Crippen LogP contribution in [-0.4, -0.2) is 62.6 Å². The summed E-state index contributed by atoms with van der Waals surface area (Å²) >= 11 is 0. The maximum Gasteiger partial charge on any atom is 0.193 e. The molecule has 0 amide bonds. The molecule has 3 rings (SSSR count). The lowest BCUT2D eigenvalue weighted by molar-refractivity contribution is 0.177. The number of hydrogen-bond donors (Lipinski definition) is 1. The lowest BCUT2D eigenvalue weighted by Gasteiger charge is -2.33. The highest BCUT2D eigenvalue weighted by molar-refractivity contribution is 14.0. The number of aliphatic imine (C=N–C) groups is 1. The molecule has 158 valence electrons. The van der Waals surface area contributed by atoms with Gasteiger partial charge in [0.15, 0.2) is 5.96 Å². The minimum absolute atomic E-state index is 0. The Morgan fingerprint density at radius 1 is 1.18 bits per heavy atom. The molecule has 2 aliphatic heterocycles. The second-order valence-corrected chi connectivity index (χ2v) is 8.83. The molecule has 0 spiro atoms. The molecule has 2 fully saturated rings. The summed E-state index contributed by atoms with van der Waals surface area (Å²) in [6.07, 6.45) is 3.76. The molecule has 0 atom stereocenters. The van der Waals surface area contributed by atoms with Crippen LogP contribution in [0.15, 0.2) is 29.3 Å². The largest absolute Gasteiger partial charge is 0.497 e. The molecular weight excluding hydrogens is 463 g/mol. The first-order valence-electron chi connectivity index (χ1n) is 10.3. The van der Waals surface area contributed by atoms with Crippen LogP contribution >= 0.6 is 24.0 Å². The molecule has 2 saturated heterocycles. The first-order valence-corrected chi connectivity index (χ1v) is 10.3. The number of hydrogen-bond acceptors (Lipinski definition) is 3. The smallest absolute Gasteiger partial charge is 0.193 e. The summed E-state index contributed by atoms with van der Waals surface area (Å²) in [4.78, 5) is 9.50. The highest BCUT2D eigenvalue weighted by Crippen LogP contribution is 2.28. The van der Waals surface area contributed by atoms with Gasteiger partial charge in [-0.25, -0.2) is 0 Å². The molecule has 1 aromatic carbocycles. The van der Waals surface area contributed by atoms with Gasteiger partial charge in [0, 0.05) is 33.2 Å². The second kappa shape index (κ2) is 10.7. The van der Waals surface area contributed by atoms with Crippen LogP contribution in [0.1, 0.15) is 38.7 Å². The number of methoxy groups -OCH3 is 1. The summed E-state index contributed by atoms with van der Waals surface area (Å²) < 4.78 is 5.24. The molecule has 0 unspecified atom stereocenters. The van der Waals surface area contributed by atoms with Gasteiger partial charge in [-0.05, 0) is 61.4 Å². The topological polar surface area (TPSA) is 40.1 Å². The SMILES string of the molecule is CN=C(NCC1CCN(Cc2ccc(OC)cc2)CC1)N1CCC(C)(C)C1.I. The molecule has 0 aromatic heterocycles. The van der Waals surface area contributed by atoms with Crippen molar-refractivity contribution in [3.05, 3.63) is 29.8 Å². The monoisotopic (exact) mass is 500 g/mol. The van der Waals surface area contributed by atoms with Crippen molar-refractivity contribution in [3.8, 4) is 5.75 Å². The maximum atomic E-state index is 5.24. The van der Waals surface area contributed by atoms with E-state index in [9.17, 15) is 0 Å². The third-order valence-corrected chi connectivity index (χ3v) is 6.01. The number of nitrogens with one attached hydrogen (secondary N) is 1. The fraction of sp³-hybridized carbons (Fsp3) is 0.682. The molecule has 2 heterocycles. The maximum absolute atomic E-state index is 5.24. The minimum Gasteiger partial charge on any atom is -0.497 e. The summed E-state index contributed by atoms with van der Waals surface area (Å²) in [5, 5.41) is 3.64. The number of likely N-dealkylation sites (tertiary alicyclic amines) is 2. The number of nitrogens with zero attached hydrogens (tertiary/aromatic N) is 3. The van der Waals surface area contributed by atoms with E-state index in [2.05, 4.69) is 58.2 Å². The summed E-state index contributed by atoms with van der Waals surface area (Å²) in [7, 11) is 3.62. The third kappa shape index (κ3) is 6.51. The van der Waals surface area contributed by atoms with Gasteiger partial charge >= 0.3 is 0 Å². The van der Waals surface area contributed by atoms with E-state index >= 15 is 0 Å². The van der Waals surface area contributed by atoms with Crippen molar-refractivity contribution in [2.24, 2.45) is 16.3 Å². The predicted molar refractivity (Wildman–Crippen MR) is 128 cm³/mol. The van der Waals surface area contributed by atoms with Crippen LogP contribution in [0.2, 0.25) is 0 Å². The normalized spacial score (nSPS) is 20.7. The third-order valence-electron chi connectivity index (χ3n) is 6.01. The summed E-state index contributed by atoms with van der Waals surface area (Å²) in [5.74, 6) is 2.75. The van der Waals surface area contributed by atoms with Crippen molar-refractivity contribution in [2.75, 3.05) is 46.9 Å². The number of halogens is 1. The zero-order valence-electron chi connectivity index (χ0n) is 17.9. The van der Waals surface area contributed by atoms with Crippen molar-refractivity contribution in [3.63, 3.8) is 0 Å². The van der Waals surface area contributed by atoms with Crippen LogP contribution in [-0.2, 0) is 6.54 Å². The van der Waals surface area contributed by atoms with Crippen molar-refractivity contribution in [2.45, 2.75) is 39.7 Å². The van der Waals surface area contributed by atoms with E-state index in [1.807, 2.05) is 7.05 Å². The van der Waals surface area contributed by atoms with Crippen LogP contribution in [0.4, 0.5) is 0 Å². The summed E-state index contributed by atoms with van der Waals surface area (Å²) in [6.45, 7) is 11.3. The molecule has 0 aliphatic carbocycles. The summed E-state index contributed by atoms with van der Waals surface area (Å²) in [6, 6.07) is 8.45. The van der Waals surface area contributed by atoms with Gasteiger partial charge in [0.1, 0.15) is 5.75 Å². The highest BCUT2D eigenvalue weighted by Gasteiger charge is 2.31. The number of piperidine rings is 1. The Hall–Kier alpha value is -1.02. The standard InChI is InChI=1S/C22H36N4O.HI/c1-22(2)11-14-26(17-22)21(23-3)24-15-18-9-12-25(13-10-18)16-19-5-7-20(27-4)8-6-19;/h5-8,18H,9-17H2,1-4H3,(H,23,24);1H. The van der Waals surface area contributed by atoms with Gasteiger partial charge in [-0.3, -0.25) is 9.89 Å². The second-order valence-electron chi connectivity index (χ2n) is 8.83. The zero-order chi connectivity index (χ0) is 19.3. The van der Waals surface area contributed by atoms with Crippen molar-refractivity contribution in [1.82, 2.24) is 15.1 Å². The van der Waals surface area contributed by atoms with Gasteiger partial charge in [0.2, 0.25) is 0 Å². The van der Waals surface area contributed by atoms with Crippen molar-refractivity contribution >= 4 is 29.9 Å². The summed E-state index contributed by atoms with van der Waals surface area (Å²) in [5.41, 5.74) is 1.77. The first-order chi connectivity index (χ1) is 13.0. The fourth-order valence-electron chi connectivity index (χ4n) is 4.20. The van der Waals surface area contributed by atoms with Crippen LogP contribution in [0, 0.1) is 11.3 Å². The van der Waals surface area contributed by atoms with E-state index in [4.69, 9.17) is 4.74 Å². The minimum atomic E-state index is 0. The highest BCUT2D eigenvalue weighted by atomic mass is 127. The fourth-order valence-corrected chi connectivity index (χ4v) is 4.20. The van der Waals surface area contributed by atoms with Crippen LogP contribution in [0.3, 0.4) is 0 Å². The van der Waals surface area contributed by atoms with Crippen LogP contribution in [0.5, 0.6) is 5.75 Å². The Morgan fingerprint density at radius 3 is 2.39 bits per heavy atom. The lowest BCUT2D eigenvalue weighted by atomic mass is 9.93. The Balaban J connectivity index is 0.00000280. The van der Waals surface area contributed by atoms with Gasteiger partial charge in [0.25, 0.3) is 0 Å². The van der Waals surface area contributed by atoms with E-state index in [-0.39, 0.29) is 24.0 Å². The molecule has 6 heteroatoms. The number of rotatable bonds is 5. The van der Waals surface area contributed by atoms with Crippen LogP contribution in [0.25, 0.3) is 0 Å². The van der Waals surface area contributed by atoms with Crippen molar-refractivity contribution < 1.29 is 4.74 Å². The van der Waals surface area contributed by atoms with E-state index in [1.165, 1.54) is 37.9 Å². The Morgan fingerprint density at radius 2 is 1.86 bits per heavy atom. The quantitative estimate of drug-likeness (QED) is 0.379. The number of ether oxygens (including phenoxy) is 1. The zero-order valence-corrected chi connectivity index (χ0v) is 20.2. The van der Waals surface area contributed by atoms with E-state index in [0.29, 0.717) is 5.41 Å². The number of guanidine groups is 1. The molecule has 1 N–H and O–H groups in total. The van der Waals surface area contributed by atoms with E-state index in [1.54, 1.807) is 7.11 Å². The predicted octanol–water partition coefficient (Wildman–Crippen LogP) is 3.83. The molecule has 1 aromatic rings. The van der Waals surface area contributed by atoms with E-state index in [0.717, 1.165) is 43.8 Å². The Bertz CT molecular complexity index is 624.